The van der Waals surface area contributed by atoms with Crippen LogP contribution in [0.2, 0.25) is 25.7 Å². The normalized spacial score (nSPS) is 12.7. The highest BCUT2D eigenvalue weighted by Gasteiger charge is 2.21. The zero-order valence-electron chi connectivity index (χ0n) is 21.3. The lowest BCUT2D eigenvalue weighted by atomic mass is 10.0. The molecular formula is C26H34N6O3Si. The summed E-state index contributed by atoms with van der Waals surface area (Å²) in [5.41, 5.74) is 4.04. The van der Waals surface area contributed by atoms with Crippen molar-refractivity contribution in [3.8, 4) is 0 Å². The molecule has 0 aliphatic heterocycles. The number of rotatable bonds is 11. The van der Waals surface area contributed by atoms with E-state index in [1.54, 1.807) is 18.6 Å². The summed E-state index contributed by atoms with van der Waals surface area (Å²) in [7, 11) is -1.13. The van der Waals surface area contributed by atoms with E-state index in [9.17, 15) is 9.90 Å². The number of aryl methyl sites for hydroxylation is 1. The number of hydrogen-bond acceptors (Lipinski definition) is 5. The molecule has 10 heteroatoms. The summed E-state index contributed by atoms with van der Waals surface area (Å²) in [6.07, 6.45) is 8.43. The third-order valence-corrected chi connectivity index (χ3v) is 7.73. The lowest BCUT2D eigenvalue weighted by Crippen LogP contribution is -2.30. The third-order valence-electron chi connectivity index (χ3n) is 6.03. The second-order valence-electron chi connectivity index (χ2n) is 10.3. The lowest BCUT2D eigenvalue weighted by molar-refractivity contribution is 0.0791. The summed E-state index contributed by atoms with van der Waals surface area (Å²) < 4.78 is 9.66. The number of ether oxygens (including phenoxy) is 1. The first-order valence-corrected chi connectivity index (χ1v) is 15.8. The third kappa shape index (κ3) is 6.79. The predicted molar refractivity (Wildman–Crippen MR) is 142 cm³/mol. The molecule has 0 aliphatic carbocycles. The van der Waals surface area contributed by atoms with E-state index in [0.717, 1.165) is 40.2 Å². The van der Waals surface area contributed by atoms with E-state index in [-0.39, 0.29) is 0 Å². The Morgan fingerprint density at radius 3 is 2.67 bits per heavy atom. The van der Waals surface area contributed by atoms with Crippen LogP contribution < -0.4 is 5.32 Å². The van der Waals surface area contributed by atoms with Crippen LogP contribution in [0.25, 0.3) is 10.9 Å². The fraction of sp³-hybridized carbons (Fsp3) is 0.385. The molecule has 0 spiro atoms. The summed E-state index contributed by atoms with van der Waals surface area (Å²) in [5, 5.41) is 17.9. The van der Waals surface area contributed by atoms with Crippen molar-refractivity contribution in [2.45, 2.75) is 58.3 Å². The zero-order chi connectivity index (χ0) is 25.7. The van der Waals surface area contributed by atoms with E-state index >= 15 is 0 Å². The maximum atomic E-state index is 11.7. The number of benzene rings is 1. The van der Waals surface area contributed by atoms with Gasteiger partial charge < -0.3 is 19.7 Å². The van der Waals surface area contributed by atoms with Crippen molar-refractivity contribution in [1.82, 2.24) is 29.6 Å². The summed E-state index contributed by atoms with van der Waals surface area (Å²) in [5.74, 6) is 0.665. The van der Waals surface area contributed by atoms with Gasteiger partial charge in [0.25, 0.3) is 0 Å². The van der Waals surface area contributed by atoms with E-state index < -0.39 is 20.2 Å². The molecule has 4 rings (SSSR count). The van der Waals surface area contributed by atoms with Crippen molar-refractivity contribution in [2.75, 3.05) is 6.61 Å². The van der Waals surface area contributed by atoms with Gasteiger partial charge in [-0.2, -0.15) is 5.10 Å². The van der Waals surface area contributed by atoms with Crippen LogP contribution >= 0.6 is 0 Å². The van der Waals surface area contributed by atoms with Gasteiger partial charge in [0.2, 0.25) is 0 Å². The minimum atomic E-state index is -1.13. The van der Waals surface area contributed by atoms with Gasteiger partial charge in [-0.05, 0) is 47.9 Å². The minimum absolute atomic E-state index is 0.420. The molecule has 0 fully saturated rings. The summed E-state index contributed by atoms with van der Waals surface area (Å²) >= 11 is 0. The molecule has 36 heavy (non-hydrogen) atoms. The van der Waals surface area contributed by atoms with Gasteiger partial charge in [-0.15, -0.1) is 0 Å². The first kappa shape index (κ1) is 25.6. The molecule has 1 aromatic carbocycles. The monoisotopic (exact) mass is 506 g/mol. The average Bonchev–Trinajstić information content (AvgIpc) is 3.43. The van der Waals surface area contributed by atoms with E-state index in [1.165, 1.54) is 0 Å². The van der Waals surface area contributed by atoms with Gasteiger partial charge in [-0.25, -0.2) is 14.5 Å². The molecule has 3 aromatic heterocycles. The van der Waals surface area contributed by atoms with Crippen LogP contribution in [-0.2, 0) is 24.4 Å². The Bertz CT molecular complexity index is 1310. The van der Waals surface area contributed by atoms with Gasteiger partial charge in [-0.1, -0.05) is 25.7 Å². The average molecular weight is 507 g/mol. The molecule has 1 atom stereocenters. The number of imidazole rings is 1. The Labute approximate surface area is 212 Å². The highest BCUT2D eigenvalue weighted by Crippen LogP contribution is 2.24. The van der Waals surface area contributed by atoms with Crippen LogP contribution in [0, 0.1) is 6.92 Å². The zero-order valence-corrected chi connectivity index (χ0v) is 22.3. The van der Waals surface area contributed by atoms with Crippen molar-refractivity contribution < 1.29 is 14.6 Å². The molecule has 0 bridgehead atoms. The molecule has 0 aliphatic rings. The topological polar surface area (TPSA) is 107 Å². The molecule has 4 aromatic rings. The summed E-state index contributed by atoms with van der Waals surface area (Å²) in [6.45, 7) is 10.8. The van der Waals surface area contributed by atoms with Crippen molar-refractivity contribution in [2.24, 2.45) is 0 Å². The van der Waals surface area contributed by atoms with E-state index in [4.69, 9.17) is 9.84 Å². The Morgan fingerprint density at radius 1 is 1.17 bits per heavy atom. The second kappa shape index (κ2) is 11.0. The molecule has 3 heterocycles. The van der Waals surface area contributed by atoms with Crippen LogP contribution in [-0.4, -0.2) is 50.2 Å². The van der Waals surface area contributed by atoms with E-state index in [1.807, 2.05) is 40.7 Å². The number of amides is 1. The van der Waals surface area contributed by atoms with E-state index in [2.05, 4.69) is 47.1 Å². The molecule has 0 saturated heterocycles. The number of nitrogens with zero attached hydrogens (tertiary/aromatic N) is 5. The van der Waals surface area contributed by atoms with Crippen molar-refractivity contribution >= 4 is 25.1 Å². The lowest BCUT2D eigenvalue weighted by Gasteiger charge is -2.19. The quantitative estimate of drug-likeness (QED) is 0.222. The number of fused-ring (bicyclic) bond motifs is 1. The van der Waals surface area contributed by atoms with Crippen LogP contribution in [0.5, 0.6) is 0 Å². The SMILES string of the molecule is Cc1cc(CC(NC(=O)O)c2nccn2Cc2ccncc2)cc2cn(COCC[Si](C)(C)C)nc12. The van der Waals surface area contributed by atoms with Gasteiger partial charge in [0.15, 0.2) is 0 Å². The molecule has 2 N–H and O–H groups in total. The maximum absolute atomic E-state index is 11.7. The Balaban J connectivity index is 1.53. The van der Waals surface area contributed by atoms with Crippen LogP contribution in [0.4, 0.5) is 4.79 Å². The van der Waals surface area contributed by atoms with Gasteiger partial charge in [0.05, 0.1) is 11.6 Å². The molecular weight excluding hydrogens is 472 g/mol. The summed E-state index contributed by atoms with van der Waals surface area (Å²) in [4.78, 5) is 20.2. The molecule has 1 amide bonds. The minimum Gasteiger partial charge on any atom is -0.465 e. The highest BCUT2D eigenvalue weighted by atomic mass is 28.3. The van der Waals surface area contributed by atoms with Crippen LogP contribution in [0.3, 0.4) is 0 Å². The van der Waals surface area contributed by atoms with Gasteiger partial charge in [0.1, 0.15) is 12.6 Å². The first-order valence-electron chi connectivity index (χ1n) is 12.1. The van der Waals surface area contributed by atoms with E-state index in [0.29, 0.717) is 25.5 Å². The van der Waals surface area contributed by atoms with Gasteiger partial charge >= 0.3 is 6.09 Å². The summed E-state index contributed by atoms with van der Waals surface area (Å²) in [6, 6.07) is 8.63. The van der Waals surface area contributed by atoms with Crippen molar-refractivity contribution in [3.05, 3.63) is 77.8 Å². The highest BCUT2D eigenvalue weighted by molar-refractivity contribution is 6.76. The smallest absolute Gasteiger partial charge is 0.405 e. The molecule has 190 valence electrons. The number of aromatic nitrogens is 5. The number of carbonyl (C=O) groups is 1. The largest absolute Gasteiger partial charge is 0.465 e. The molecule has 0 radical (unpaired) electrons. The van der Waals surface area contributed by atoms with Crippen molar-refractivity contribution in [1.29, 1.82) is 0 Å². The number of carboxylic acid groups (broad SMARTS) is 1. The van der Waals surface area contributed by atoms with Crippen LogP contribution in [0.1, 0.15) is 28.6 Å². The predicted octanol–water partition coefficient (Wildman–Crippen LogP) is 4.85. The number of nitrogens with one attached hydrogen (secondary N) is 1. The number of hydrogen-bond donors (Lipinski definition) is 2. The molecule has 1 unspecified atom stereocenters. The van der Waals surface area contributed by atoms with Crippen LogP contribution in [0.15, 0.2) is 55.2 Å². The maximum Gasteiger partial charge on any atom is 0.405 e. The first-order chi connectivity index (χ1) is 17.2. The Morgan fingerprint density at radius 2 is 1.94 bits per heavy atom. The Hall–Kier alpha value is -3.50. The standard InChI is InChI=1S/C26H34N6O3Si/c1-19-13-21(14-22-17-32(30-24(19)22)18-35-11-12-36(2,3)4)15-23(29-26(33)34)25-28-9-10-31(25)16-20-5-7-27-8-6-20/h5-10,13-14,17,23,29H,11-12,15-16,18H2,1-4H3,(H,33,34). The Kier molecular flexibility index (Phi) is 7.85. The number of pyridine rings is 1. The van der Waals surface area contributed by atoms with Gasteiger partial charge in [0, 0.05) is 64.0 Å². The second-order valence-corrected chi connectivity index (χ2v) is 16.0. The fourth-order valence-electron chi connectivity index (χ4n) is 4.20. The van der Waals surface area contributed by atoms with Crippen molar-refractivity contribution in [3.63, 3.8) is 0 Å². The fourth-order valence-corrected chi connectivity index (χ4v) is 4.95. The molecule has 9 nitrogen and oxygen atoms in total. The van der Waals surface area contributed by atoms with Gasteiger partial charge in [-0.3, -0.25) is 4.98 Å². The molecule has 0 saturated carbocycles.